The molecular formula is C20H24N2. The van der Waals surface area contributed by atoms with E-state index in [-0.39, 0.29) is 0 Å². The van der Waals surface area contributed by atoms with Crippen molar-refractivity contribution in [1.29, 1.82) is 0 Å². The Labute approximate surface area is 133 Å². The average molecular weight is 292 g/mol. The zero-order valence-corrected chi connectivity index (χ0v) is 13.0. The average Bonchev–Trinajstić information content (AvgIpc) is 2.61. The smallest absolute Gasteiger partial charge is 0.0383 e. The number of benzene rings is 2. The summed E-state index contributed by atoms with van der Waals surface area (Å²) in [5, 5.41) is 3.43. The maximum absolute atomic E-state index is 3.94. The first-order valence-corrected chi connectivity index (χ1v) is 8.09. The van der Waals surface area contributed by atoms with E-state index < -0.39 is 0 Å². The van der Waals surface area contributed by atoms with E-state index in [1.807, 2.05) is 6.08 Å². The predicted molar refractivity (Wildman–Crippen MR) is 93.9 cm³/mol. The quantitative estimate of drug-likeness (QED) is 0.841. The molecule has 1 fully saturated rings. The van der Waals surface area contributed by atoms with Crippen LogP contribution in [0.25, 0.3) is 11.1 Å². The zero-order chi connectivity index (χ0) is 15.2. The molecule has 3 rings (SSSR count). The van der Waals surface area contributed by atoms with Crippen LogP contribution in [0.2, 0.25) is 0 Å². The Balaban J connectivity index is 1.81. The van der Waals surface area contributed by atoms with Gasteiger partial charge in [-0.3, -0.25) is 4.90 Å². The van der Waals surface area contributed by atoms with E-state index in [1.54, 1.807) is 0 Å². The van der Waals surface area contributed by atoms with Gasteiger partial charge in [0.15, 0.2) is 0 Å². The summed E-state index contributed by atoms with van der Waals surface area (Å²) in [5.74, 6) is 0. The molecule has 114 valence electrons. The maximum Gasteiger partial charge on any atom is 0.0383 e. The Bertz CT molecular complexity index is 583. The number of nitrogens with zero attached hydrogens (tertiary/aromatic N) is 1. The van der Waals surface area contributed by atoms with E-state index in [4.69, 9.17) is 0 Å². The molecule has 0 aliphatic carbocycles. The molecule has 1 aliphatic rings. The summed E-state index contributed by atoms with van der Waals surface area (Å²) in [7, 11) is 0. The first-order chi connectivity index (χ1) is 10.9. The molecule has 0 saturated carbocycles. The van der Waals surface area contributed by atoms with E-state index in [0.29, 0.717) is 6.04 Å². The van der Waals surface area contributed by atoms with Crippen LogP contribution in [0, 0.1) is 0 Å². The molecule has 2 nitrogen and oxygen atoms in total. The fraction of sp³-hybridized carbons (Fsp3) is 0.300. The van der Waals surface area contributed by atoms with Crippen LogP contribution in [0.3, 0.4) is 0 Å². The molecule has 2 aromatic carbocycles. The van der Waals surface area contributed by atoms with E-state index in [2.05, 4.69) is 71.4 Å². The normalized spacial score (nSPS) is 17.1. The minimum Gasteiger partial charge on any atom is -0.314 e. The van der Waals surface area contributed by atoms with Gasteiger partial charge in [0.1, 0.15) is 0 Å². The zero-order valence-electron chi connectivity index (χ0n) is 13.0. The molecule has 1 aliphatic heterocycles. The first kappa shape index (κ1) is 15.0. The molecule has 0 amide bonds. The van der Waals surface area contributed by atoms with Gasteiger partial charge in [0.2, 0.25) is 0 Å². The maximum atomic E-state index is 3.94. The lowest BCUT2D eigenvalue weighted by Crippen LogP contribution is -2.45. The van der Waals surface area contributed by atoms with Crippen LogP contribution in [0.4, 0.5) is 0 Å². The number of hydrogen-bond donors (Lipinski definition) is 1. The van der Waals surface area contributed by atoms with Gasteiger partial charge in [-0.2, -0.15) is 0 Å². The summed E-state index contributed by atoms with van der Waals surface area (Å²) in [6.45, 7) is 8.32. The number of piperazine rings is 1. The second kappa shape index (κ2) is 7.39. The van der Waals surface area contributed by atoms with Gasteiger partial charge in [0.05, 0.1) is 0 Å². The third-order valence-corrected chi connectivity index (χ3v) is 4.38. The lowest BCUT2D eigenvalue weighted by Gasteiger charge is -2.34. The van der Waals surface area contributed by atoms with E-state index in [9.17, 15) is 0 Å². The molecule has 1 N–H and O–H groups in total. The second-order valence-corrected chi connectivity index (χ2v) is 5.81. The molecule has 1 atom stereocenters. The highest BCUT2D eigenvalue weighted by Crippen LogP contribution is 2.27. The van der Waals surface area contributed by atoms with Crippen LogP contribution >= 0.6 is 0 Å². The monoisotopic (exact) mass is 292 g/mol. The minimum atomic E-state index is 0.449. The van der Waals surface area contributed by atoms with Crippen molar-refractivity contribution < 1.29 is 0 Å². The van der Waals surface area contributed by atoms with Gasteiger partial charge in [-0.25, -0.2) is 0 Å². The van der Waals surface area contributed by atoms with E-state index >= 15 is 0 Å². The Kier molecular flexibility index (Phi) is 5.04. The van der Waals surface area contributed by atoms with Gasteiger partial charge >= 0.3 is 0 Å². The summed E-state index contributed by atoms with van der Waals surface area (Å²) in [5.41, 5.74) is 3.94. The molecular weight excluding hydrogens is 268 g/mol. The summed E-state index contributed by atoms with van der Waals surface area (Å²) in [6, 6.07) is 20.0. The summed E-state index contributed by atoms with van der Waals surface area (Å²) in [4.78, 5) is 2.57. The van der Waals surface area contributed by atoms with Gasteiger partial charge in [0, 0.05) is 32.2 Å². The lowest BCUT2D eigenvalue weighted by molar-refractivity contribution is 0.174. The Morgan fingerprint density at radius 3 is 2.23 bits per heavy atom. The van der Waals surface area contributed by atoms with Crippen molar-refractivity contribution in [2.24, 2.45) is 0 Å². The Morgan fingerprint density at radius 2 is 1.59 bits per heavy atom. The highest BCUT2D eigenvalue weighted by atomic mass is 15.2. The second-order valence-electron chi connectivity index (χ2n) is 5.81. The van der Waals surface area contributed by atoms with Gasteiger partial charge in [-0.1, -0.05) is 60.7 Å². The molecule has 22 heavy (non-hydrogen) atoms. The topological polar surface area (TPSA) is 15.3 Å². The van der Waals surface area contributed by atoms with Crippen LogP contribution in [0.5, 0.6) is 0 Å². The van der Waals surface area contributed by atoms with Crippen LogP contribution in [0.15, 0.2) is 67.3 Å². The van der Waals surface area contributed by atoms with E-state index in [0.717, 1.165) is 32.6 Å². The summed E-state index contributed by atoms with van der Waals surface area (Å²) < 4.78 is 0. The van der Waals surface area contributed by atoms with Crippen molar-refractivity contribution in [1.82, 2.24) is 10.2 Å². The SMILES string of the molecule is C=CC[C@@H](c1ccc(-c2ccccc2)cc1)N1CCNCC1. The highest BCUT2D eigenvalue weighted by molar-refractivity contribution is 5.63. The molecule has 2 aromatic rings. The van der Waals surface area contributed by atoms with Crippen molar-refractivity contribution in [2.75, 3.05) is 26.2 Å². The highest BCUT2D eigenvalue weighted by Gasteiger charge is 2.20. The van der Waals surface area contributed by atoms with Crippen LogP contribution < -0.4 is 5.32 Å². The van der Waals surface area contributed by atoms with Crippen molar-refractivity contribution in [2.45, 2.75) is 12.5 Å². The molecule has 0 bridgehead atoms. The van der Waals surface area contributed by atoms with E-state index in [1.165, 1.54) is 16.7 Å². The van der Waals surface area contributed by atoms with Crippen molar-refractivity contribution in [3.05, 3.63) is 72.8 Å². The standard InChI is InChI=1S/C20H24N2/c1-2-6-20(22-15-13-21-14-16-22)19-11-9-18(10-12-19)17-7-4-3-5-8-17/h2-5,7-12,20-21H,1,6,13-16H2/t20-/m0/s1. The largest absolute Gasteiger partial charge is 0.314 e. The molecule has 0 radical (unpaired) electrons. The third-order valence-electron chi connectivity index (χ3n) is 4.38. The minimum absolute atomic E-state index is 0.449. The van der Waals surface area contributed by atoms with Crippen molar-refractivity contribution in [3.63, 3.8) is 0 Å². The molecule has 0 spiro atoms. The van der Waals surface area contributed by atoms with Crippen molar-refractivity contribution >= 4 is 0 Å². The summed E-state index contributed by atoms with van der Waals surface area (Å²) in [6.07, 6.45) is 3.04. The third kappa shape index (κ3) is 3.46. The predicted octanol–water partition coefficient (Wildman–Crippen LogP) is 3.88. The van der Waals surface area contributed by atoms with Gasteiger partial charge in [0.25, 0.3) is 0 Å². The van der Waals surface area contributed by atoms with Crippen LogP contribution in [0.1, 0.15) is 18.0 Å². The lowest BCUT2D eigenvalue weighted by atomic mass is 9.97. The van der Waals surface area contributed by atoms with Gasteiger partial charge < -0.3 is 5.32 Å². The number of rotatable bonds is 5. The molecule has 2 heteroatoms. The molecule has 0 aromatic heterocycles. The molecule has 1 heterocycles. The fourth-order valence-corrected chi connectivity index (χ4v) is 3.18. The molecule has 0 unspecified atom stereocenters. The summed E-state index contributed by atoms with van der Waals surface area (Å²) >= 11 is 0. The van der Waals surface area contributed by atoms with Crippen LogP contribution in [-0.2, 0) is 0 Å². The Morgan fingerprint density at radius 1 is 0.955 bits per heavy atom. The number of hydrogen-bond acceptors (Lipinski definition) is 2. The molecule has 1 saturated heterocycles. The first-order valence-electron chi connectivity index (χ1n) is 8.09. The van der Waals surface area contributed by atoms with Gasteiger partial charge in [-0.15, -0.1) is 6.58 Å². The Hall–Kier alpha value is -1.90. The van der Waals surface area contributed by atoms with Gasteiger partial charge in [-0.05, 0) is 23.1 Å². The van der Waals surface area contributed by atoms with Crippen LogP contribution in [-0.4, -0.2) is 31.1 Å². The fourth-order valence-electron chi connectivity index (χ4n) is 3.18. The number of nitrogens with one attached hydrogen (secondary N) is 1. The van der Waals surface area contributed by atoms with Crippen molar-refractivity contribution in [3.8, 4) is 11.1 Å².